The van der Waals surface area contributed by atoms with Crippen molar-refractivity contribution in [3.63, 3.8) is 0 Å². The number of aryl methyl sites for hydroxylation is 1. The molecule has 0 spiro atoms. The van der Waals surface area contributed by atoms with Gasteiger partial charge in [-0.3, -0.25) is 19.4 Å². The quantitative estimate of drug-likeness (QED) is 0.631. The van der Waals surface area contributed by atoms with Crippen LogP contribution in [-0.2, 0) is 23.8 Å². The number of ether oxygens (including phenoxy) is 3. The van der Waals surface area contributed by atoms with Gasteiger partial charge in [0.25, 0.3) is 5.91 Å². The Labute approximate surface area is 197 Å². The molecule has 176 valence electrons. The number of carbonyl (C=O) groups is 3. The lowest BCUT2D eigenvalue weighted by Crippen LogP contribution is -2.41. The van der Waals surface area contributed by atoms with E-state index in [4.69, 9.17) is 14.2 Å². The molecule has 0 N–H and O–H groups in total. The van der Waals surface area contributed by atoms with Crippen LogP contribution in [-0.4, -0.2) is 67.9 Å². The minimum atomic E-state index is -0.461. The smallest absolute Gasteiger partial charge is 0.254 e. The fourth-order valence-corrected chi connectivity index (χ4v) is 4.43. The third-order valence-corrected chi connectivity index (χ3v) is 6.09. The highest BCUT2D eigenvalue weighted by atomic mass is 16.5. The molecule has 1 amide bonds. The van der Waals surface area contributed by atoms with Crippen LogP contribution in [0, 0.1) is 6.92 Å². The number of nitrogens with zero attached hydrogens (tertiary/aromatic N) is 2. The molecule has 8 nitrogen and oxygen atoms in total. The van der Waals surface area contributed by atoms with Crippen LogP contribution in [0.1, 0.15) is 28.4 Å². The Kier molecular flexibility index (Phi) is 6.61. The van der Waals surface area contributed by atoms with Gasteiger partial charge in [-0.1, -0.05) is 6.07 Å². The van der Waals surface area contributed by atoms with E-state index in [1.165, 1.54) is 14.2 Å². The summed E-state index contributed by atoms with van der Waals surface area (Å²) >= 11 is 0. The highest BCUT2D eigenvalue weighted by Crippen LogP contribution is 2.36. The first-order valence-corrected chi connectivity index (χ1v) is 10.9. The van der Waals surface area contributed by atoms with Crippen molar-refractivity contribution in [3.05, 3.63) is 70.4 Å². The topological polar surface area (TPSA) is 95.0 Å². The molecule has 2 aliphatic rings. The molecule has 1 saturated heterocycles. The molecular formula is C26H26N2O6. The van der Waals surface area contributed by atoms with Crippen molar-refractivity contribution in [1.82, 2.24) is 9.88 Å². The van der Waals surface area contributed by atoms with Crippen LogP contribution in [0.3, 0.4) is 0 Å². The van der Waals surface area contributed by atoms with Crippen molar-refractivity contribution in [2.75, 3.05) is 40.5 Å². The minimum absolute atomic E-state index is 0.122. The standard InChI is InChI=1S/C26H26N2O6/c1-15-13-18(21-16(2)22(29)24(32-3)25(33-4)23(21)30)14-19(20(15)17-5-7-27-8-6-17)26(31)28-9-11-34-12-10-28/h5-8,13-14H,9-12H2,1-4H3. The van der Waals surface area contributed by atoms with Crippen molar-refractivity contribution in [2.24, 2.45) is 0 Å². The molecule has 0 radical (unpaired) electrons. The third-order valence-electron chi connectivity index (χ3n) is 6.09. The number of morpholine rings is 1. The van der Waals surface area contributed by atoms with Crippen LogP contribution < -0.4 is 0 Å². The Morgan fingerprint density at radius 1 is 0.941 bits per heavy atom. The number of Topliss-reactive ketones (excluding diaryl/α,β-unsaturated/α-hetero) is 2. The average molecular weight is 463 g/mol. The van der Waals surface area contributed by atoms with E-state index in [1.807, 2.05) is 25.1 Å². The molecule has 1 aliphatic heterocycles. The zero-order valence-corrected chi connectivity index (χ0v) is 19.6. The van der Waals surface area contributed by atoms with Crippen LogP contribution in [0.4, 0.5) is 0 Å². The molecule has 34 heavy (non-hydrogen) atoms. The zero-order chi connectivity index (χ0) is 24.4. The van der Waals surface area contributed by atoms with Gasteiger partial charge in [0, 0.05) is 42.2 Å². The summed E-state index contributed by atoms with van der Waals surface area (Å²) in [5.41, 5.74) is 3.76. The fourth-order valence-electron chi connectivity index (χ4n) is 4.43. The van der Waals surface area contributed by atoms with Crippen molar-refractivity contribution in [2.45, 2.75) is 13.8 Å². The number of allylic oxidation sites excluding steroid dienone is 2. The van der Waals surface area contributed by atoms with Gasteiger partial charge in [-0.15, -0.1) is 0 Å². The molecular weight excluding hydrogens is 436 g/mol. The summed E-state index contributed by atoms with van der Waals surface area (Å²) in [6.07, 6.45) is 3.34. The lowest BCUT2D eigenvalue weighted by atomic mass is 9.84. The second-order valence-corrected chi connectivity index (χ2v) is 8.08. The van der Waals surface area contributed by atoms with Crippen LogP contribution in [0.2, 0.25) is 0 Å². The molecule has 0 saturated carbocycles. The van der Waals surface area contributed by atoms with Crippen molar-refractivity contribution < 1.29 is 28.6 Å². The maximum absolute atomic E-state index is 13.7. The molecule has 0 atom stereocenters. The van der Waals surface area contributed by atoms with Gasteiger partial charge in [0.05, 0.1) is 27.4 Å². The van der Waals surface area contributed by atoms with Crippen molar-refractivity contribution in [1.29, 1.82) is 0 Å². The molecule has 8 heteroatoms. The molecule has 0 unspecified atom stereocenters. The molecule has 1 aromatic carbocycles. The predicted molar refractivity (Wildman–Crippen MR) is 125 cm³/mol. The van der Waals surface area contributed by atoms with E-state index in [2.05, 4.69) is 4.98 Å². The Morgan fingerprint density at radius 3 is 2.18 bits per heavy atom. The maximum atomic E-state index is 13.7. The molecule has 1 fully saturated rings. The van der Waals surface area contributed by atoms with E-state index in [1.54, 1.807) is 30.3 Å². The van der Waals surface area contributed by atoms with E-state index in [0.717, 1.165) is 16.7 Å². The molecule has 4 rings (SSSR count). The Bertz CT molecular complexity index is 1220. The first-order valence-electron chi connectivity index (χ1n) is 10.9. The Hall–Kier alpha value is -3.78. The van der Waals surface area contributed by atoms with E-state index >= 15 is 0 Å². The van der Waals surface area contributed by atoms with Crippen LogP contribution >= 0.6 is 0 Å². The van der Waals surface area contributed by atoms with Gasteiger partial charge in [0.15, 0.2) is 0 Å². The Morgan fingerprint density at radius 2 is 1.56 bits per heavy atom. The number of hydrogen-bond donors (Lipinski definition) is 0. The number of benzene rings is 1. The lowest BCUT2D eigenvalue weighted by molar-refractivity contribution is -0.119. The number of hydrogen-bond acceptors (Lipinski definition) is 7. The van der Waals surface area contributed by atoms with Gasteiger partial charge < -0.3 is 19.1 Å². The van der Waals surface area contributed by atoms with Gasteiger partial charge >= 0.3 is 0 Å². The van der Waals surface area contributed by atoms with Crippen LogP contribution in [0.25, 0.3) is 16.7 Å². The SMILES string of the molecule is COC1=C(OC)C(=O)C(c2cc(C)c(-c3ccncc3)c(C(=O)N3CCOCC3)c2)=C(C)C1=O. The second-order valence-electron chi connectivity index (χ2n) is 8.08. The van der Waals surface area contributed by atoms with E-state index in [9.17, 15) is 14.4 Å². The number of aromatic nitrogens is 1. The zero-order valence-electron chi connectivity index (χ0n) is 19.6. The number of pyridine rings is 1. The lowest BCUT2D eigenvalue weighted by Gasteiger charge is -2.28. The first-order chi connectivity index (χ1) is 16.4. The highest BCUT2D eigenvalue weighted by molar-refractivity contribution is 6.38. The van der Waals surface area contributed by atoms with E-state index in [0.29, 0.717) is 37.4 Å². The first kappa shape index (κ1) is 23.4. The van der Waals surface area contributed by atoms with Gasteiger partial charge in [0.2, 0.25) is 23.1 Å². The molecule has 1 aromatic heterocycles. The number of carbonyl (C=O) groups excluding carboxylic acids is 3. The number of methoxy groups -OCH3 is 2. The maximum Gasteiger partial charge on any atom is 0.254 e. The van der Waals surface area contributed by atoms with E-state index < -0.39 is 11.6 Å². The van der Waals surface area contributed by atoms with Crippen LogP contribution in [0.15, 0.2) is 53.8 Å². The van der Waals surface area contributed by atoms with E-state index in [-0.39, 0.29) is 28.6 Å². The summed E-state index contributed by atoms with van der Waals surface area (Å²) in [6.45, 7) is 5.35. The summed E-state index contributed by atoms with van der Waals surface area (Å²) in [6, 6.07) is 7.19. The largest absolute Gasteiger partial charge is 0.489 e. The number of amides is 1. The highest BCUT2D eigenvalue weighted by Gasteiger charge is 2.36. The molecule has 2 aromatic rings. The van der Waals surface area contributed by atoms with Gasteiger partial charge in [-0.2, -0.15) is 0 Å². The van der Waals surface area contributed by atoms with Gasteiger partial charge in [-0.05, 0) is 54.3 Å². The Balaban J connectivity index is 1.91. The van der Waals surface area contributed by atoms with Crippen molar-refractivity contribution >= 4 is 23.0 Å². The average Bonchev–Trinajstić information content (AvgIpc) is 2.86. The second kappa shape index (κ2) is 9.61. The fraction of sp³-hybridized carbons (Fsp3) is 0.308. The monoisotopic (exact) mass is 462 g/mol. The van der Waals surface area contributed by atoms with Crippen LogP contribution in [0.5, 0.6) is 0 Å². The molecule has 1 aliphatic carbocycles. The third kappa shape index (κ3) is 4.01. The number of ketones is 2. The molecule has 2 heterocycles. The summed E-state index contributed by atoms with van der Waals surface area (Å²) in [4.78, 5) is 45.7. The summed E-state index contributed by atoms with van der Waals surface area (Å²) in [7, 11) is 2.65. The predicted octanol–water partition coefficient (Wildman–Crippen LogP) is 2.96. The molecule has 0 bridgehead atoms. The van der Waals surface area contributed by atoms with Gasteiger partial charge in [0.1, 0.15) is 0 Å². The van der Waals surface area contributed by atoms with Gasteiger partial charge in [-0.25, -0.2) is 0 Å². The summed E-state index contributed by atoms with van der Waals surface area (Å²) < 4.78 is 15.8. The normalized spacial score (nSPS) is 16.8. The summed E-state index contributed by atoms with van der Waals surface area (Å²) in [5, 5.41) is 0. The number of rotatable bonds is 5. The van der Waals surface area contributed by atoms with Crippen molar-refractivity contribution in [3.8, 4) is 11.1 Å². The summed E-state index contributed by atoms with van der Waals surface area (Å²) in [5.74, 6) is -1.32. The minimum Gasteiger partial charge on any atom is -0.489 e.